The summed E-state index contributed by atoms with van der Waals surface area (Å²) in [5.41, 5.74) is 0.167. The number of aromatic nitrogens is 4. The first kappa shape index (κ1) is 28.5. The quantitative estimate of drug-likeness (QED) is 0.220. The Labute approximate surface area is 225 Å². The molecule has 1 amide bonds. The Morgan fingerprint density at radius 2 is 1.92 bits per heavy atom. The van der Waals surface area contributed by atoms with E-state index >= 15 is 0 Å². The number of imidazole rings is 1. The molecule has 3 aromatic rings. The molecule has 2 atom stereocenters. The van der Waals surface area contributed by atoms with Crippen LogP contribution in [0.15, 0.2) is 41.5 Å². The van der Waals surface area contributed by atoms with Gasteiger partial charge in [0.2, 0.25) is 11.9 Å². The number of esters is 1. The average Bonchev–Trinajstić information content (AvgIpc) is 3.24. The number of fused-ring (bicyclic) bond motifs is 1. The highest BCUT2D eigenvalue weighted by Crippen LogP contribution is 2.47. The molecule has 13 nitrogen and oxygen atoms in total. The van der Waals surface area contributed by atoms with Gasteiger partial charge >= 0.3 is 13.7 Å². The zero-order valence-corrected chi connectivity index (χ0v) is 23.1. The highest BCUT2D eigenvalue weighted by molar-refractivity contribution is 7.52. The first-order chi connectivity index (χ1) is 18.5. The lowest BCUT2D eigenvalue weighted by atomic mass is 9.78. The van der Waals surface area contributed by atoms with Crippen LogP contribution in [0.5, 0.6) is 5.75 Å². The molecule has 1 saturated carbocycles. The number of ether oxygens (including phenoxy) is 1. The van der Waals surface area contributed by atoms with Crippen LogP contribution in [-0.4, -0.2) is 50.1 Å². The highest BCUT2D eigenvalue weighted by Gasteiger charge is 2.35. The molecule has 0 radical (unpaired) electrons. The van der Waals surface area contributed by atoms with Gasteiger partial charge in [0.25, 0.3) is 5.56 Å². The Morgan fingerprint density at radius 3 is 2.59 bits per heavy atom. The Bertz CT molecular complexity index is 1420. The van der Waals surface area contributed by atoms with Crippen LogP contribution in [0.25, 0.3) is 11.2 Å². The maximum atomic E-state index is 13.6. The van der Waals surface area contributed by atoms with Crippen molar-refractivity contribution in [2.75, 3.05) is 11.9 Å². The second kappa shape index (κ2) is 12.1. The number of para-hydroxylation sites is 1. The van der Waals surface area contributed by atoms with Gasteiger partial charge in [0.15, 0.2) is 11.2 Å². The molecular formula is C25H33N6O7P. The minimum Gasteiger partial charge on any atom is -0.462 e. The van der Waals surface area contributed by atoms with Gasteiger partial charge in [0.1, 0.15) is 11.8 Å². The number of carbonyl (C=O) groups excluding carboxylic acids is 2. The molecule has 0 spiro atoms. The van der Waals surface area contributed by atoms with E-state index < -0.39 is 25.3 Å². The van der Waals surface area contributed by atoms with Crippen LogP contribution in [-0.2, 0) is 23.4 Å². The first-order valence-electron chi connectivity index (χ1n) is 12.7. The molecular weight excluding hydrogens is 527 g/mol. The second-order valence-corrected chi connectivity index (χ2v) is 11.5. The van der Waals surface area contributed by atoms with Crippen molar-refractivity contribution in [1.29, 1.82) is 0 Å². The fourth-order valence-corrected chi connectivity index (χ4v) is 5.76. The summed E-state index contributed by atoms with van der Waals surface area (Å²) in [5.74, 6) is -0.234. The van der Waals surface area contributed by atoms with Gasteiger partial charge < -0.3 is 13.8 Å². The summed E-state index contributed by atoms with van der Waals surface area (Å²) in [6.07, 6.45) is 3.40. The van der Waals surface area contributed by atoms with Gasteiger partial charge in [0, 0.05) is 13.0 Å². The third-order valence-corrected chi connectivity index (χ3v) is 7.82. The van der Waals surface area contributed by atoms with Gasteiger partial charge in [-0.25, -0.2) is 9.55 Å². The number of aromatic amines is 1. The van der Waals surface area contributed by atoms with E-state index in [1.165, 1.54) is 13.8 Å². The molecule has 1 aliphatic carbocycles. The Hall–Kier alpha value is -3.54. The van der Waals surface area contributed by atoms with Gasteiger partial charge in [-0.1, -0.05) is 18.2 Å². The maximum Gasteiger partial charge on any atom is 0.459 e. The lowest BCUT2D eigenvalue weighted by molar-refractivity contribution is -0.149. The number of H-pyrrole nitrogens is 1. The molecule has 0 aliphatic heterocycles. The molecule has 2 heterocycles. The zero-order valence-electron chi connectivity index (χ0n) is 22.2. The third-order valence-electron chi connectivity index (χ3n) is 6.14. The molecule has 1 aromatic carbocycles. The van der Waals surface area contributed by atoms with Gasteiger partial charge in [-0.05, 0) is 58.1 Å². The molecule has 0 bridgehead atoms. The largest absolute Gasteiger partial charge is 0.462 e. The van der Waals surface area contributed by atoms with Crippen molar-refractivity contribution in [3.63, 3.8) is 0 Å². The van der Waals surface area contributed by atoms with Crippen LogP contribution < -0.4 is 20.5 Å². The van der Waals surface area contributed by atoms with E-state index in [-0.39, 0.29) is 42.0 Å². The fourth-order valence-electron chi connectivity index (χ4n) is 4.26. The Morgan fingerprint density at radius 1 is 1.21 bits per heavy atom. The number of hydrogen-bond donors (Lipinski definition) is 3. The lowest BCUT2D eigenvalue weighted by Crippen LogP contribution is -2.36. The number of nitrogens with zero attached hydrogens (tertiary/aromatic N) is 3. The van der Waals surface area contributed by atoms with Crippen molar-refractivity contribution in [2.24, 2.45) is 5.92 Å². The molecule has 210 valence electrons. The number of nitrogens with one attached hydrogen (secondary N) is 3. The van der Waals surface area contributed by atoms with Crippen molar-refractivity contribution in [1.82, 2.24) is 24.6 Å². The van der Waals surface area contributed by atoms with Crippen molar-refractivity contribution < 1.29 is 27.9 Å². The number of hydrogen-bond acceptors (Lipinski definition) is 9. The fraction of sp³-hybridized carbons (Fsp3) is 0.480. The van der Waals surface area contributed by atoms with E-state index in [0.717, 1.165) is 12.8 Å². The topological polar surface area (TPSA) is 167 Å². The van der Waals surface area contributed by atoms with Crippen LogP contribution in [0.4, 0.5) is 5.95 Å². The predicted octanol–water partition coefficient (Wildman–Crippen LogP) is 3.55. The van der Waals surface area contributed by atoms with Gasteiger partial charge in [-0.2, -0.15) is 10.1 Å². The smallest absolute Gasteiger partial charge is 0.459 e. The molecule has 3 N–H and O–H groups in total. The van der Waals surface area contributed by atoms with E-state index in [9.17, 15) is 18.9 Å². The number of anilines is 1. The van der Waals surface area contributed by atoms with Crippen LogP contribution in [0, 0.1) is 5.92 Å². The van der Waals surface area contributed by atoms with E-state index in [1.807, 2.05) is 4.57 Å². The van der Waals surface area contributed by atoms with Crippen LogP contribution in [0.2, 0.25) is 0 Å². The average molecular weight is 561 g/mol. The Kier molecular flexibility index (Phi) is 8.83. The van der Waals surface area contributed by atoms with E-state index in [1.54, 1.807) is 50.5 Å². The van der Waals surface area contributed by atoms with Crippen molar-refractivity contribution in [2.45, 2.75) is 65.1 Å². The first-order valence-corrected chi connectivity index (χ1v) is 14.3. The third kappa shape index (κ3) is 7.31. The molecule has 4 rings (SSSR count). The standard InChI is InChI=1S/C25H33N6O7P/c1-15(2)37-24(34)16(3)30-39(35,38-20-8-6-5-7-9-20)36-11-10-18-12-19(13-18)31-14-26-21-22(31)28-25(27-17(4)32)29-23(21)33/h5-9,14-16,18-19H,10-13H2,1-4H3,(H,30,35)(H2,27,28,29,32,33)/t16-,18?,19?,39?/m0/s1. The lowest BCUT2D eigenvalue weighted by Gasteiger charge is -2.36. The van der Waals surface area contributed by atoms with Crippen LogP contribution in [0.3, 0.4) is 0 Å². The number of amides is 1. The molecule has 1 unspecified atom stereocenters. The van der Waals surface area contributed by atoms with Crippen LogP contribution >= 0.6 is 7.75 Å². The number of benzene rings is 1. The van der Waals surface area contributed by atoms with Gasteiger partial charge in [-0.15, -0.1) is 0 Å². The predicted molar refractivity (Wildman–Crippen MR) is 143 cm³/mol. The summed E-state index contributed by atoms with van der Waals surface area (Å²) >= 11 is 0. The SMILES string of the molecule is CC(=O)Nc1nc2c(ncn2C2CC(CCOP(=O)(N[C@@H](C)C(=O)OC(C)C)Oc3ccccc3)C2)c(=O)[nH]1. The van der Waals surface area contributed by atoms with Gasteiger partial charge in [0.05, 0.1) is 19.0 Å². The zero-order chi connectivity index (χ0) is 28.2. The minimum absolute atomic E-state index is 0.0656. The summed E-state index contributed by atoms with van der Waals surface area (Å²) in [7, 11) is -3.90. The molecule has 1 aliphatic rings. The molecule has 14 heteroatoms. The summed E-state index contributed by atoms with van der Waals surface area (Å²) in [6.45, 7) is 6.47. The second-order valence-electron chi connectivity index (χ2n) is 9.77. The van der Waals surface area contributed by atoms with E-state index in [2.05, 4.69) is 25.4 Å². The molecule has 2 aromatic heterocycles. The number of rotatable bonds is 12. The van der Waals surface area contributed by atoms with Gasteiger partial charge in [-0.3, -0.25) is 29.2 Å². The van der Waals surface area contributed by atoms with E-state index in [4.69, 9.17) is 13.8 Å². The van der Waals surface area contributed by atoms with Crippen molar-refractivity contribution in [3.05, 3.63) is 47.0 Å². The Balaban J connectivity index is 1.36. The van der Waals surface area contributed by atoms with Crippen LogP contribution in [0.1, 0.15) is 53.0 Å². The van der Waals surface area contributed by atoms with E-state index in [0.29, 0.717) is 17.8 Å². The molecule has 1 fully saturated rings. The van der Waals surface area contributed by atoms with Crippen molar-refractivity contribution >= 4 is 36.7 Å². The highest BCUT2D eigenvalue weighted by atomic mass is 31.2. The molecule has 39 heavy (non-hydrogen) atoms. The summed E-state index contributed by atoms with van der Waals surface area (Å²) in [6, 6.07) is 7.74. The molecule has 0 saturated heterocycles. The minimum atomic E-state index is -3.90. The summed E-state index contributed by atoms with van der Waals surface area (Å²) in [5, 5.41) is 5.18. The number of carbonyl (C=O) groups is 2. The maximum absolute atomic E-state index is 13.6. The summed E-state index contributed by atoms with van der Waals surface area (Å²) < 4.78 is 32.0. The van der Waals surface area contributed by atoms with Crippen molar-refractivity contribution in [3.8, 4) is 5.75 Å². The normalized spacial score (nSPS) is 19.2. The summed E-state index contributed by atoms with van der Waals surface area (Å²) in [4.78, 5) is 47.0. The monoisotopic (exact) mass is 560 g/mol.